The predicted octanol–water partition coefficient (Wildman–Crippen LogP) is 4.14. The number of hydrogen-bond donors (Lipinski definition) is 1. The van der Waals surface area contributed by atoms with Gasteiger partial charge in [0.25, 0.3) is 0 Å². The summed E-state index contributed by atoms with van der Waals surface area (Å²) >= 11 is 1.19. The van der Waals surface area contributed by atoms with Crippen LogP contribution in [0.15, 0.2) is 12.1 Å². The van der Waals surface area contributed by atoms with Gasteiger partial charge in [-0.3, -0.25) is 9.48 Å². The van der Waals surface area contributed by atoms with Gasteiger partial charge < -0.3 is 10.1 Å². The van der Waals surface area contributed by atoms with Crippen LogP contribution in [0.25, 0.3) is 0 Å². The molecule has 1 atom stereocenters. The number of aromatic nitrogens is 2. The number of aryl methyl sites for hydroxylation is 1. The molecular weight excluding hydrogens is 383 g/mol. The van der Waals surface area contributed by atoms with Crippen LogP contribution in [0.3, 0.4) is 0 Å². The number of ether oxygens (including phenoxy) is 1. The summed E-state index contributed by atoms with van der Waals surface area (Å²) in [6, 6.07) is 1.63. The molecule has 1 unspecified atom stereocenters. The highest BCUT2D eigenvalue weighted by atomic mass is 32.1. The normalized spacial score (nSPS) is 15.5. The lowest BCUT2D eigenvalue weighted by atomic mass is 10.2. The zero-order valence-electron chi connectivity index (χ0n) is 14.9. The Morgan fingerprint density at radius 1 is 1.37 bits per heavy atom. The molecule has 0 radical (unpaired) electrons. The molecule has 6 nitrogen and oxygen atoms in total. The molecule has 2 aromatic heterocycles. The monoisotopic (exact) mass is 401 g/mol. The van der Waals surface area contributed by atoms with Crippen molar-refractivity contribution in [2.24, 2.45) is 0 Å². The third-order valence-electron chi connectivity index (χ3n) is 4.29. The fourth-order valence-electron chi connectivity index (χ4n) is 2.74. The summed E-state index contributed by atoms with van der Waals surface area (Å²) < 4.78 is 44.9. The zero-order chi connectivity index (χ0) is 19.9. The molecule has 146 valence electrons. The van der Waals surface area contributed by atoms with Crippen molar-refractivity contribution in [1.29, 1.82) is 0 Å². The molecule has 2 heterocycles. The Balaban J connectivity index is 1.86. The summed E-state index contributed by atoms with van der Waals surface area (Å²) in [7, 11) is 1.23. The highest BCUT2D eigenvalue weighted by Crippen LogP contribution is 2.43. The van der Waals surface area contributed by atoms with Gasteiger partial charge in [-0.15, -0.1) is 11.3 Å². The Morgan fingerprint density at radius 2 is 2.04 bits per heavy atom. The number of anilines is 1. The molecule has 0 aromatic carbocycles. The SMILES string of the molecule is COC(=O)c1cc(C)sc1NC(=O)C(C)n1nc(C(F)(F)F)cc1C1CC1. The van der Waals surface area contributed by atoms with Gasteiger partial charge in [0.15, 0.2) is 5.69 Å². The van der Waals surface area contributed by atoms with E-state index in [4.69, 9.17) is 4.74 Å². The quantitative estimate of drug-likeness (QED) is 0.765. The van der Waals surface area contributed by atoms with Gasteiger partial charge in [-0.25, -0.2) is 4.79 Å². The second-order valence-electron chi connectivity index (χ2n) is 6.43. The largest absolute Gasteiger partial charge is 0.465 e. The number of methoxy groups -OCH3 is 1. The summed E-state index contributed by atoms with van der Waals surface area (Å²) in [5.74, 6) is -1.17. The third-order valence-corrected chi connectivity index (χ3v) is 5.26. The number of rotatable bonds is 5. The first-order valence-corrected chi connectivity index (χ1v) is 9.09. The van der Waals surface area contributed by atoms with Gasteiger partial charge in [0, 0.05) is 16.5 Å². The second kappa shape index (κ2) is 6.99. The number of halogens is 3. The van der Waals surface area contributed by atoms with Crippen LogP contribution in [0.1, 0.15) is 58.3 Å². The average Bonchev–Trinajstić information content (AvgIpc) is 3.23. The van der Waals surface area contributed by atoms with E-state index in [2.05, 4.69) is 10.4 Å². The molecule has 1 aliphatic rings. The van der Waals surface area contributed by atoms with Crippen LogP contribution in [0.2, 0.25) is 0 Å². The van der Waals surface area contributed by atoms with Gasteiger partial charge in [-0.05, 0) is 38.8 Å². The van der Waals surface area contributed by atoms with E-state index >= 15 is 0 Å². The predicted molar refractivity (Wildman–Crippen MR) is 92.9 cm³/mol. The van der Waals surface area contributed by atoms with E-state index in [1.54, 1.807) is 13.0 Å². The smallest absolute Gasteiger partial charge is 0.435 e. The van der Waals surface area contributed by atoms with Crippen molar-refractivity contribution in [3.63, 3.8) is 0 Å². The first-order chi connectivity index (χ1) is 12.6. The third kappa shape index (κ3) is 4.00. The Kier molecular flexibility index (Phi) is 5.02. The summed E-state index contributed by atoms with van der Waals surface area (Å²) in [4.78, 5) is 25.3. The van der Waals surface area contributed by atoms with Crippen LogP contribution in [0, 0.1) is 6.92 Å². The lowest BCUT2D eigenvalue weighted by Crippen LogP contribution is -2.26. The minimum absolute atomic E-state index is 0.0153. The zero-order valence-corrected chi connectivity index (χ0v) is 15.7. The molecule has 10 heteroatoms. The van der Waals surface area contributed by atoms with E-state index in [1.807, 2.05) is 0 Å². The lowest BCUT2D eigenvalue weighted by Gasteiger charge is -2.15. The Bertz CT molecular complexity index is 884. The highest BCUT2D eigenvalue weighted by Gasteiger charge is 2.39. The van der Waals surface area contributed by atoms with Crippen molar-refractivity contribution in [2.75, 3.05) is 12.4 Å². The fourth-order valence-corrected chi connectivity index (χ4v) is 3.64. The number of esters is 1. The Hall–Kier alpha value is -2.36. The maximum Gasteiger partial charge on any atom is 0.435 e. The van der Waals surface area contributed by atoms with Crippen LogP contribution in [0.4, 0.5) is 18.2 Å². The van der Waals surface area contributed by atoms with E-state index < -0.39 is 29.8 Å². The summed E-state index contributed by atoms with van der Waals surface area (Å²) in [6.45, 7) is 3.25. The molecule has 1 N–H and O–H groups in total. The molecular formula is C17H18F3N3O3S. The Morgan fingerprint density at radius 3 is 2.59 bits per heavy atom. The van der Waals surface area contributed by atoms with Gasteiger partial charge in [0.05, 0.1) is 12.7 Å². The van der Waals surface area contributed by atoms with Crippen LogP contribution in [-0.4, -0.2) is 28.8 Å². The number of carbonyl (C=O) groups excluding carboxylic acids is 2. The molecule has 1 fully saturated rings. The maximum atomic E-state index is 13.0. The van der Waals surface area contributed by atoms with E-state index in [9.17, 15) is 22.8 Å². The molecule has 27 heavy (non-hydrogen) atoms. The first-order valence-electron chi connectivity index (χ1n) is 8.28. The molecule has 0 aliphatic heterocycles. The first kappa shape index (κ1) is 19.4. The van der Waals surface area contributed by atoms with Gasteiger partial charge in [0.2, 0.25) is 5.91 Å². The molecule has 2 aromatic rings. The van der Waals surface area contributed by atoms with E-state index in [1.165, 1.54) is 25.4 Å². The number of thiophene rings is 1. The number of carbonyl (C=O) groups is 2. The summed E-state index contributed by atoms with van der Waals surface area (Å²) in [5, 5.41) is 6.54. The van der Waals surface area contributed by atoms with E-state index in [0.29, 0.717) is 10.7 Å². The molecule has 1 amide bonds. The van der Waals surface area contributed by atoms with Gasteiger partial charge in [0.1, 0.15) is 11.0 Å². The molecule has 1 saturated carbocycles. The van der Waals surface area contributed by atoms with Crippen LogP contribution >= 0.6 is 11.3 Å². The number of hydrogen-bond acceptors (Lipinski definition) is 5. The minimum atomic E-state index is -4.58. The number of alkyl halides is 3. The van der Waals surface area contributed by atoms with Crippen molar-refractivity contribution in [3.8, 4) is 0 Å². The highest BCUT2D eigenvalue weighted by molar-refractivity contribution is 7.16. The molecule has 0 spiro atoms. The molecule has 0 saturated heterocycles. The molecule has 1 aliphatic carbocycles. The molecule has 3 rings (SSSR count). The fraction of sp³-hybridized carbons (Fsp3) is 0.471. The van der Waals surface area contributed by atoms with Crippen LogP contribution < -0.4 is 5.32 Å². The van der Waals surface area contributed by atoms with Crippen molar-refractivity contribution >= 4 is 28.2 Å². The van der Waals surface area contributed by atoms with Crippen LogP contribution in [-0.2, 0) is 15.7 Å². The van der Waals surface area contributed by atoms with Crippen molar-refractivity contribution < 1.29 is 27.5 Å². The average molecular weight is 401 g/mol. The van der Waals surface area contributed by atoms with Crippen molar-refractivity contribution in [2.45, 2.75) is 44.8 Å². The van der Waals surface area contributed by atoms with Crippen molar-refractivity contribution in [3.05, 3.63) is 34.0 Å². The summed E-state index contributed by atoms with van der Waals surface area (Å²) in [5.41, 5.74) is -0.397. The summed E-state index contributed by atoms with van der Waals surface area (Å²) in [6.07, 6.45) is -3.03. The maximum absolute atomic E-state index is 13.0. The minimum Gasteiger partial charge on any atom is -0.465 e. The van der Waals surface area contributed by atoms with Gasteiger partial charge in [-0.1, -0.05) is 0 Å². The lowest BCUT2D eigenvalue weighted by molar-refractivity contribution is -0.141. The van der Waals surface area contributed by atoms with E-state index in [-0.39, 0.29) is 11.5 Å². The number of amides is 1. The second-order valence-corrected chi connectivity index (χ2v) is 7.68. The number of nitrogens with zero attached hydrogens (tertiary/aromatic N) is 2. The van der Waals surface area contributed by atoms with Gasteiger partial charge >= 0.3 is 12.1 Å². The number of nitrogens with one attached hydrogen (secondary N) is 1. The topological polar surface area (TPSA) is 73.2 Å². The van der Waals surface area contributed by atoms with Crippen molar-refractivity contribution in [1.82, 2.24) is 9.78 Å². The standard InChI is InChI=1S/C17H18F3N3O3S/c1-8-6-11(16(25)26-3)15(27-8)21-14(24)9(2)23-12(10-4-5-10)7-13(22-23)17(18,19)20/h6-7,9-10H,4-5H2,1-3H3,(H,21,24). The Labute approximate surface area is 157 Å². The van der Waals surface area contributed by atoms with Gasteiger partial charge in [-0.2, -0.15) is 18.3 Å². The molecule has 0 bridgehead atoms. The van der Waals surface area contributed by atoms with Crippen LogP contribution in [0.5, 0.6) is 0 Å². The van der Waals surface area contributed by atoms with E-state index in [0.717, 1.165) is 28.5 Å².